The van der Waals surface area contributed by atoms with Crippen LogP contribution in [0.5, 0.6) is 5.75 Å². The summed E-state index contributed by atoms with van der Waals surface area (Å²) in [6, 6.07) is 8.06. The van der Waals surface area contributed by atoms with Crippen LogP contribution in [0.15, 0.2) is 24.3 Å². The summed E-state index contributed by atoms with van der Waals surface area (Å²) in [5, 5.41) is 6.33. The normalized spacial score (nSPS) is 18.6. The maximum Gasteiger partial charge on any atom is 0.224 e. The molecule has 0 aromatic heterocycles. The summed E-state index contributed by atoms with van der Waals surface area (Å²) < 4.78 is 5.23. The van der Waals surface area contributed by atoms with E-state index in [4.69, 9.17) is 4.74 Å². The van der Waals surface area contributed by atoms with E-state index < -0.39 is 0 Å². The maximum absolute atomic E-state index is 11.8. The van der Waals surface area contributed by atoms with Gasteiger partial charge in [-0.1, -0.05) is 18.2 Å². The van der Waals surface area contributed by atoms with Gasteiger partial charge in [-0.15, -0.1) is 0 Å². The van der Waals surface area contributed by atoms with Crippen molar-refractivity contribution in [2.45, 2.75) is 25.3 Å². The van der Waals surface area contributed by atoms with Crippen molar-refractivity contribution in [3.63, 3.8) is 0 Å². The van der Waals surface area contributed by atoms with E-state index in [1.165, 1.54) is 6.42 Å². The Morgan fingerprint density at radius 2 is 2.33 bits per heavy atom. The highest BCUT2D eigenvalue weighted by Gasteiger charge is 2.15. The third-order valence-electron chi connectivity index (χ3n) is 3.25. The van der Waals surface area contributed by atoms with Crippen LogP contribution < -0.4 is 15.4 Å². The number of ether oxygens (including phenoxy) is 1. The summed E-state index contributed by atoms with van der Waals surface area (Å²) in [6.45, 7) is 1.78. The predicted octanol–water partition coefficient (Wildman–Crippen LogP) is 1.11. The average Bonchev–Trinajstić information content (AvgIpc) is 2.90. The van der Waals surface area contributed by atoms with Crippen LogP contribution >= 0.6 is 0 Å². The number of hydrogen-bond acceptors (Lipinski definition) is 3. The molecule has 18 heavy (non-hydrogen) atoms. The maximum atomic E-state index is 11.8. The fourth-order valence-corrected chi connectivity index (χ4v) is 2.25. The van der Waals surface area contributed by atoms with Gasteiger partial charge in [-0.2, -0.15) is 0 Å². The van der Waals surface area contributed by atoms with Crippen LogP contribution in [0.4, 0.5) is 0 Å². The van der Waals surface area contributed by atoms with Crippen molar-refractivity contribution in [3.8, 4) is 5.75 Å². The molecule has 1 aromatic rings. The highest BCUT2D eigenvalue weighted by molar-refractivity contribution is 5.79. The van der Waals surface area contributed by atoms with Gasteiger partial charge in [-0.05, 0) is 25.5 Å². The van der Waals surface area contributed by atoms with E-state index >= 15 is 0 Å². The monoisotopic (exact) mass is 248 g/mol. The summed E-state index contributed by atoms with van der Waals surface area (Å²) in [6.07, 6.45) is 2.72. The summed E-state index contributed by atoms with van der Waals surface area (Å²) >= 11 is 0. The van der Waals surface area contributed by atoms with E-state index in [2.05, 4.69) is 10.6 Å². The molecule has 0 aliphatic carbocycles. The zero-order valence-corrected chi connectivity index (χ0v) is 10.7. The largest absolute Gasteiger partial charge is 0.496 e. The smallest absolute Gasteiger partial charge is 0.224 e. The number of carbonyl (C=O) groups is 1. The van der Waals surface area contributed by atoms with Crippen molar-refractivity contribution < 1.29 is 9.53 Å². The first-order valence-electron chi connectivity index (χ1n) is 6.41. The molecule has 0 radical (unpaired) electrons. The lowest BCUT2D eigenvalue weighted by molar-refractivity contribution is -0.120. The number of rotatable bonds is 5. The predicted molar refractivity (Wildman–Crippen MR) is 70.7 cm³/mol. The molecule has 1 heterocycles. The van der Waals surface area contributed by atoms with Gasteiger partial charge in [0.25, 0.3) is 0 Å². The first-order chi connectivity index (χ1) is 8.79. The molecule has 4 heteroatoms. The summed E-state index contributed by atoms with van der Waals surface area (Å²) in [5.74, 6) is 0.819. The molecule has 2 N–H and O–H groups in total. The van der Waals surface area contributed by atoms with E-state index in [-0.39, 0.29) is 5.91 Å². The Labute approximate surface area is 108 Å². The van der Waals surface area contributed by atoms with Crippen molar-refractivity contribution in [3.05, 3.63) is 29.8 Å². The molecule has 1 atom stereocenters. The Hall–Kier alpha value is -1.55. The Balaban J connectivity index is 1.82. The summed E-state index contributed by atoms with van der Waals surface area (Å²) in [5.41, 5.74) is 0.928. The molecule has 1 fully saturated rings. The highest BCUT2D eigenvalue weighted by atomic mass is 16.5. The molecule has 0 spiro atoms. The van der Waals surface area contributed by atoms with Crippen LogP contribution in [0.3, 0.4) is 0 Å². The van der Waals surface area contributed by atoms with E-state index in [0.29, 0.717) is 19.0 Å². The Morgan fingerprint density at radius 3 is 3.06 bits per heavy atom. The third kappa shape index (κ3) is 3.47. The summed E-state index contributed by atoms with van der Waals surface area (Å²) in [4.78, 5) is 11.8. The molecule has 1 aromatic carbocycles. The Kier molecular flexibility index (Phi) is 4.59. The van der Waals surface area contributed by atoms with Gasteiger partial charge in [0.15, 0.2) is 0 Å². The molecule has 4 nitrogen and oxygen atoms in total. The second kappa shape index (κ2) is 6.40. The number of nitrogens with one attached hydrogen (secondary N) is 2. The molecule has 2 rings (SSSR count). The molecule has 1 aliphatic rings. The first-order valence-corrected chi connectivity index (χ1v) is 6.41. The standard InChI is InChI=1S/C14H20N2O2/c1-18-13-7-3-2-5-11(13)9-14(17)16-10-12-6-4-8-15-12/h2-3,5,7,12,15H,4,6,8-10H2,1H3,(H,16,17). The Bertz CT molecular complexity index is 401. The van der Waals surface area contributed by atoms with Crippen LogP contribution in [0, 0.1) is 0 Å². The van der Waals surface area contributed by atoms with E-state index in [1.54, 1.807) is 7.11 Å². The van der Waals surface area contributed by atoms with Crippen LogP contribution in [-0.2, 0) is 11.2 Å². The van der Waals surface area contributed by atoms with Gasteiger partial charge in [0.05, 0.1) is 13.5 Å². The Morgan fingerprint density at radius 1 is 1.50 bits per heavy atom. The minimum atomic E-state index is 0.0493. The van der Waals surface area contributed by atoms with Gasteiger partial charge in [-0.3, -0.25) is 4.79 Å². The topological polar surface area (TPSA) is 50.4 Å². The van der Waals surface area contributed by atoms with Crippen LogP contribution in [0.1, 0.15) is 18.4 Å². The third-order valence-corrected chi connectivity index (χ3v) is 3.25. The lowest BCUT2D eigenvalue weighted by Crippen LogP contribution is -2.37. The fourth-order valence-electron chi connectivity index (χ4n) is 2.25. The van der Waals surface area contributed by atoms with Gasteiger partial charge < -0.3 is 15.4 Å². The average molecular weight is 248 g/mol. The first kappa shape index (κ1) is 12.9. The van der Waals surface area contributed by atoms with E-state index in [0.717, 1.165) is 24.3 Å². The zero-order valence-electron chi connectivity index (χ0n) is 10.7. The molecule has 98 valence electrons. The molecule has 1 unspecified atom stereocenters. The number of methoxy groups -OCH3 is 1. The minimum Gasteiger partial charge on any atom is -0.496 e. The van der Waals surface area contributed by atoms with E-state index in [9.17, 15) is 4.79 Å². The lowest BCUT2D eigenvalue weighted by Gasteiger charge is -2.12. The molecule has 1 amide bonds. The van der Waals surface area contributed by atoms with Crippen molar-refractivity contribution in [2.24, 2.45) is 0 Å². The zero-order chi connectivity index (χ0) is 12.8. The number of amides is 1. The van der Waals surface area contributed by atoms with Gasteiger partial charge in [0.1, 0.15) is 5.75 Å². The van der Waals surface area contributed by atoms with Crippen LogP contribution in [0.2, 0.25) is 0 Å². The molecule has 1 aliphatic heterocycles. The molecule has 1 saturated heterocycles. The van der Waals surface area contributed by atoms with Crippen molar-refractivity contribution in [1.29, 1.82) is 0 Å². The van der Waals surface area contributed by atoms with Gasteiger partial charge in [-0.25, -0.2) is 0 Å². The number of benzene rings is 1. The second-order valence-electron chi connectivity index (χ2n) is 4.59. The molecule has 0 bridgehead atoms. The highest BCUT2D eigenvalue weighted by Crippen LogP contribution is 2.17. The second-order valence-corrected chi connectivity index (χ2v) is 4.59. The van der Waals surface area contributed by atoms with Crippen LogP contribution in [-0.4, -0.2) is 32.1 Å². The van der Waals surface area contributed by atoms with Gasteiger partial charge in [0.2, 0.25) is 5.91 Å². The van der Waals surface area contributed by atoms with Crippen molar-refractivity contribution >= 4 is 5.91 Å². The molecule has 0 saturated carbocycles. The number of hydrogen-bond donors (Lipinski definition) is 2. The fraction of sp³-hybridized carbons (Fsp3) is 0.500. The van der Waals surface area contributed by atoms with Gasteiger partial charge in [0, 0.05) is 18.2 Å². The summed E-state index contributed by atoms with van der Waals surface area (Å²) in [7, 11) is 1.62. The van der Waals surface area contributed by atoms with Crippen LogP contribution in [0.25, 0.3) is 0 Å². The number of carbonyl (C=O) groups excluding carboxylic acids is 1. The van der Waals surface area contributed by atoms with Gasteiger partial charge >= 0.3 is 0 Å². The quantitative estimate of drug-likeness (QED) is 0.820. The SMILES string of the molecule is COc1ccccc1CC(=O)NCC1CCCN1. The molecular formula is C14H20N2O2. The lowest BCUT2D eigenvalue weighted by atomic mass is 10.1. The van der Waals surface area contributed by atoms with E-state index in [1.807, 2.05) is 24.3 Å². The minimum absolute atomic E-state index is 0.0493. The van der Waals surface area contributed by atoms with Crippen molar-refractivity contribution in [1.82, 2.24) is 10.6 Å². The van der Waals surface area contributed by atoms with Crippen molar-refractivity contribution in [2.75, 3.05) is 20.2 Å². The number of para-hydroxylation sites is 1. The molecular weight excluding hydrogens is 228 g/mol.